The molecule has 2 amide bonds. The van der Waals surface area contributed by atoms with Gasteiger partial charge in [0, 0.05) is 28.1 Å². The van der Waals surface area contributed by atoms with E-state index in [1.807, 2.05) is 26.0 Å². The normalized spacial score (nSPS) is 10.8. The number of amides is 2. The number of nitrogens with two attached hydrogens (primary N) is 1. The van der Waals surface area contributed by atoms with Gasteiger partial charge in [-0.3, -0.25) is 4.99 Å². The van der Waals surface area contributed by atoms with E-state index < -0.39 is 0 Å². The number of hydrogen-bond acceptors (Lipinski definition) is 2. The summed E-state index contributed by atoms with van der Waals surface area (Å²) < 4.78 is 0. The van der Waals surface area contributed by atoms with Crippen molar-refractivity contribution in [1.29, 1.82) is 0 Å². The highest BCUT2D eigenvalue weighted by Crippen LogP contribution is 2.17. The minimum Gasteiger partial charge on any atom is -0.370 e. The molecule has 0 aliphatic heterocycles. The minimum absolute atomic E-state index is 0. The van der Waals surface area contributed by atoms with Gasteiger partial charge >= 0.3 is 6.03 Å². The number of anilines is 3. The highest BCUT2D eigenvalue weighted by atomic mass is 35.5. The van der Waals surface area contributed by atoms with E-state index in [9.17, 15) is 4.79 Å². The second-order valence-corrected chi connectivity index (χ2v) is 5.84. The predicted molar refractivity (Wildman–Crippen MR) is 108 cm³/mol. The van der Waals surface area contributed by atoms with Crippen LogP contribution in [0, 0.1) is 0 Å². The Hall–Kier alpha value is -2.44. The van der Waals surface area contributed by atoms with Crippen LogP contribution in [-0.4, -0.2) is 18.0 Å². The molecule has 0 saturated heterocycles. The first-order valence-corrected chi connectivity index (χ1v) is 7.84. The number of aliphatic imine (C=N–C) groups is 1. The van der Waals surface area contributed by atoms with E-state index in [0.717, 1.165) is 5.69 Å². The van der Waals surface area contributed by atoms with Crippen molar-refractivity contribution in [3.8, 4) is 0 Å². The fraction of sp³-hybridized carbons (Fsp3) is 0.176. The van der Waals surface area contributed by atoms with Gasteiger partial charge in [0.25, 0.3) is 0 Å². The molecule has 6 nitrogen and oxygen atoms in total. The van der Waals surface area contributed by atoms with E-state index in [2.05, 4.69) is 20.9 Å². The van der Waals surface area contributed by atoms with Crippen molar-refractivity contribution in [2.45, 2.75) is 19.9 Å². The van der Waals surface area contributed by atoms with E-state index in [4.69, 9.17) is 17.3 Å². The third-order valence-corrected chi connectivity index (χ3v) is 3.14. The Kier molecular flexibility index (Phi) is 8.04. The van der Waals surface area contributed by atoms with Crippen LogP contribution >= 0.6 is 24.0 Å². The molecule has 0 fully saturated rings. The van der Waals surface area contributed by atoms with Crippen molar-refractivity contribution in [2.24, 2.45) is 10.7 Å². The summed E-state index contributed by atoms with van der Waals surface area (Å²) in [7, 11) is 0. The first-order chi connectivity index (χ1) is 11.4. The summed E-state index contributed by atoms with van der Waals surface area (Å²) in [5.41, 5.74) is 7.82. The molecule has 0 aromatic heterocycles. The Morgan fingerprint density at radius 2 is 1.56 bits per heavy atom. The van der Waals surface area contributed by atoms with Gasteiger partial charge in [-0.25, -0.2) is 4.79 Å². The lowest BCUT2D eigenvalue weighted by Crippen LogP contribution is -2.24. The Morgan fingerprint density at radius 1 is 1.00 bits per heavy atom. The summed E-state index contributed by atoms with van der Waals surface area (Å²) in [5, 5.41) is 9.08. The number of halogens is 2. The molecule has 0 bridgehead atoms. The monoisotopic (exact) mass is 381 g/mol. The average Bonchev–Trinajstić information content (AvgIpc) is 2.49. The average molecular weight is 382 g/mol. The number of nitrogens with one attached hydrogen (secondary N) is 3. The van der Waals surface area contributed by atoms with E-state index in [0.29, 0.717) is 22.4 Å². The molecular formula is C17H21Cl2N5O. The number of urea groups is 1. The number of rotatable bonds is 4. The molecule has 0 atom stereocenters. The van der Waals surface area contributed by atoms with Crippen LogP contribution in [0.5, 0.6) is 0 Å². The van der Waals surface area contributed by atoms with Gasteiger partial charge in [-0.05, 0) is 56.3 Å². The fourth-order valence-electron chi connectivity index (χ4n) is 1.96. The molecule has 5 N–H and O–H groups in total. The minimum atomic E-state index is -0.349. The number of nitrogens with zero attached hydrogens (tertiary/aromatic N) is 1. The Balaban J connectivity index is 0.00000312. The Bertz CT molecular complexity index is 732. The molecule has 0 aliphatic rings. The highest BCUT2D eigenvalue weighted by molar-refractivity contribution is 6.30. The lowest BCUT2D eigenvalue weighted by atomic mass is 10.3. The first-order valence-electron chi connectivity index (χ1n) is 7.46. The van der Waals surface area contributed by atoms with Crippen molar-refractivity contribution in [2.75, 3.05) is 16.0 Å². The van der Waals surface area contributed by atoms with Crippen LogP contribution in [-0.2, 0) is 0 Å². The van der Waals surface area contributed by atoms with Gasteiger partial charge < -0.3 is 21.7 Å². The zero-order chi connectivity index (χ0) is 17.5. The molecular weight excluding hydrogens is 361 g/mol. The third-order valence-electron chi connectivity index (χ3n) is 2.89. The van der Waals surface area contributed by atoms with Gasteiger partial charge in [0.1, 0.15) is 0 Å². The standard InChI is InChI=1S/C17H20ClN5O.ClH/c1-11(2)20-16(19)21-14-4-3-5-15(10-14)23-17(24)22-13-8-6-12(18)7-9-13;/h3-11H,1-2H3,(H3,19,20,21)(H2,22,23,24);1H. The van der Waals surface area contributed by atoms with Crippen LogP contribution in [0.1, 0.15) is 13.8 Å². The lowest BCUT2D eigenvalue weighted by Gasteiger charge is -2.11. The largest absolute Gasteiger partial charge is 0.370 e. The maximum atomic E-state index is 12.0. The zero-order valence-corrected chi connectivity index (χ0v) is 15.5. The number of carbonyl (C=O) groups excluding carboxylic acids is 1. The molecule has 0 aliphatic carbocycles. The topological polar surface area (TPSA) is 91.5 Å². The predicted octanol–water partition coefficient (Wildman–Crippen LogP) is 4.54. The number of hydrogen-bond donors (Lipinski definition) is 4. The van der Waals surface area contributed by atoms with Crippen molar-refractivity contribution >= 4 is 53.1 Å². The molecule has 2 aromatic rings. The summed E-state index contributed by atoms with van der Waals surface area (Å²) >= 11 is 5.81. The van der Waals surface area contributed by atoms with Gasteiger partial charge in [0.2, 0.25) is 0 Å². The molecule has 2 aromatic carbocycles. The quantitative estimate of drug-likeness (QED) is 0.462. The zero-order valence-electron chi connectivity index (χ0n) is 13.9. The van der Waals surface area contributed by atoms with Gasteiger partial charge in [-0.2, -0.15) is 0 Å². The molecule has 2 rings (SSSR count). The highest BCUT2D eigenvalue weighted by Gasteiger charge is 2.04. The van der Waals surface area contributed by atoms with Crippen molar-refractivity contribution in [1.82, 2.24) is 0 Å². The van der Waals surface area contributed by atoms with Crippen molar-refractivity contribution < 1.29 is 4.79 Å². The van der Waals surface area contributed by atoms with Crippen LogP contribution in [0.15, 0.2) is 53.5 Å². The maximum absolute atomic E-state index is 12.0. The number of benzene rings is 2. The van der Waals surface area contributed by atoms with Crippen LogP contribution in [0.2, 0.25) is 5.02 Å². The van der Waals surface area contributed by atoms with E-state index in [-0.39, 0.29) is 24.5 Å². The molecule has 8 heteroatoms. The van der Waals surface area contributed by atoms with Crippen LogP contribution < -0.4 is 21.7 Å². The molecule has 25 heavy (non-hydrogen) atoms. The number of guanidine groups is 1. The van der Waals surface area contributed by atoms with Gasteiger partial charge in [-0.15, -0.1) is 12.4 Å². The second-order valence-electron chi connectivity index (χ2n) is 5.40. The Morgan fingerprint density at radius 3 is 2.16 bits per heavy atom. The SMILES string of the molecule is CC(C)N=C(N)Nc1cccc(NC(=O)Nc2ccc(Cl)cc2)c1.Cl. The third kappa shape index (κ3) is 7.32. The fourth-order valence-corrected chi connectivity index (χ4v) is 2.09. The number of carbonyl (C=O) groups is 1. The van der Waals surface area contributed by atoms with E-state index in [1.54, 1.807) is 36.4 Å². The van der Waals surface area contributed by atoms with Gasteiger partial charge in [0.15, 0.2) is 5.96 Å². The smallest absolute Gasteiger partial charge is 0.323 e. The summed E-state index contributed by atoms with van der Waals surface area (Å²) in [6.07, 6.45) is 0. The van der Waals surface area contributed by atoms with Crippen molar-refractivity contribution in [3.05, 3.63) is 53.6 Å². The van der Waals surface area contributed by atoms with Crippen LogP contribution in [0.25, 0.3) is 0 Å². The first kappa shape index (κ1) is 20.6. The summed E-state index contributed by atoms with van der Waals surface area (Å²) in [6, 6.07) is 13.8. The molecule has 0 saturated carbocycles. The van der Waals surface area contributed by atoms with Gasteiger partial charge in [-0.1, -0.05) is 17.7 Å². The van der Waals surface area contributed by atoms with Crippen molar-refractivity contribution in [3.63, 3.8) is 0 Å². The molecule has 134 valence electrons. The van der Waals surface area contributed by atoms with E-state index >= 15 is 0 Å². The van der Waals surface area contributed by atoms with Gasteiger partial charge in [0.05, 0.1) is 0 Å². The maximum Gasteiger partial charge on any atom is 0.323 e. The molecule has 0 spiro atoms. The molecule has 0 heterocycles. The lowest BCUT2D eigenvalue weighted by molar-refractivity contribution is 0.262. The van der Waals surface area contributed by atoms with Crippen LogP contribution in [0.3, 0.4) is 0 Å². The second kappa shape index (κ2) is 9.76. The van der Waals surface area contributed by atoms with E-state index in [1.165, 1.54) is 0 Å². The molecule has 0 radical (unpaired) electrons. The summed E-state index contributed by atoms with van der Waals surface area (Å²) in [5.74, 6) is 0.327. The van der Waals surface area contributed by atoms with Crippen LogP contribution in [0.4, 0.5) is 21.9 Å². The Labute approximate surface area is 158 Å². The summed E-state index contributed by atoms with van der Waals surface area (Å²) in [4.78, 5) is 16.2. The molecule has 0 unspecified atom stereocenters. The summed E-state index contributed by atoms with van der Waals surface area (Å²) in [6.45, 7) is 3.88.